The predicted octanol–water partition coefficient (Wildman–Crippen LogP) is -4.20. The first-order chi connectivity index (χ1) is 16.0. The standard InChI is InChI=1S/C19H37N9O6/c1-24-17(33)12(6-2-3-7-20)28-18(34)13(9-15(30)31)27-14(29)10-26-16(32)11(21)5-4-8-25-19(22)23/h11-13H,2-10,20-21H2,1H3,(H,24,33)(H,26,32)(H,27,29)(H,28,34)(H,30,31)(H4,22,23,25). The van der Waals surface area contributed by atoms with Crippen molar-refractivity contribution in [2.24, 2.45) is 27.9 Å². The molecule has 4 amide bonds. The molecule has 0 spiro atoms. The van der Waals surface area contributed by atoms with E-state index in [2.05, 4.69) is 26.3 Å². The maximum atomic E-state index is 12.6. The molecule has 13 N–H and O–H groups in total. The molecule has 0 aromatic heterocycles. The number of carbonyl (C=O) groups is 5. The van der Waals surface area contributed by atoms with Gasteiger partial charge in [-0.25, -0.2) is 0 Å². The summed E-state index contributed by atoms with van der Waals surface area (Å²) in [6.07, 6.45) is 1.46. The Hall–Kier alpha value is -3.46. The zero-order valence-electron chi connectivity index (χ0n) is 19.3. The molecule has 15 nitrogen and oxygen atoms in total. The quantitative estimate of drug-likeness (QED) is 0.0542. The summed E-state index contributed by atoms with van der Waals surface area (Å²) < 4.78 is 0. The first-order valence-corrected chi connectivity index (χ1v) is 10.8. The molecule has 0 bridgehead atoms. The normalized spacial score (nSPS) is 13.0. The van der Waals surface area contributed by atoms with Crippen LogP contribution in [0.2, 0.25) is 0 Å². The molecule has 0 aromatic carbocycles. The molecule has 0 aromatic rings. The van der Waals surface area contributed by atoms with Gasteiger partial charge < -0.3 is 49.3 Å². The van der Waals surface area contributed by atoms with Gasteiger partial charge in [-0.15, -0.1) is 0 Å². The molecular weight excluding hydrogens is 450 g/mol. The first kappa shape index (κ1) is 30.5. The van der Waals surface area contributed by atoms with Crippen molar-refractivity contribution in [2.75, 3.05) is 26.7 Å². The van der Waals surface area contributed by atoms with E-state index < -0.39 is 60.7 Å². The van der Waals surface area contributed by atoms with Gasteiger partial charge in [0.2, 0.25) is 23.6 Å². The minimum absolute atomic E-state index is 0.0770. The van der Waals surface area contributed by atoms with Crippen LogP contribution in [0.25, 0.3) is 0 Å². The van der Waals surface area contributed by atoms with Gasteiger partial charge in [-0.3, -0.25) is 29.0 Å². The van der Waals surface area contributed by atoms with E-state index in [1.165, 1.54) is 7.05 Å². The van der Waals surface area contributed by atoms with Crippen molar-refractivity contribution in [3.05, 3.63) is 0 Å². The SMILES string of the molecule is CNC(=O)C(CCCCN)NC(=O)C(CC(=O)O)NC(=O)CNC(=O)C(N)CCCN=C(N)N. The number of unbranched alkanes of at least 4 members (excludes halogenated alkanes) is 1. The number of rotatable bonds is 17. The van der Waals surface area contributed by atoms with Crippen molar-refractivity contribution >= 4 is 35.6 Å². The molecule has 0 aliphatic rings. The van der Waals surface area contributed by atoms with Crippen molar-refractivity contribution in [3.63, 3.8) is 0 Å². The Balaban J connectivity index is 4.86. The molecule has 0 aliphatic carbocycles. The molecule has 0 radical (unpaired) electrons. The van der Waals surface area contributed by atoms with Crippen LogP contribution in [-0.4, -0.2) is 85.5 Å². The van der Waals surface area contributed by atoms with Crippen molar-refractivity contribution in [2.45, 2.75) is 56.7 Å². The molecular formula is C19H37N9O6. The number of carboxylic acids is 1. The van der Waals surface area contributed by atoms with Gasteiger partial charge in [0.15, 0.2) is 5.96 Å². The monoisotopic (exact) mass is 487 g/mol. The lowest BCUT2D eigenvalue weighted by Crippen LogP contribution is -2.55. The van der Waals surface area contributed by atoms with Gasteiger partial charge >= 0.3 is 5.97 Å². The molecule has 0 fully saturated rings. The summed E-state index contributed by atoms with van der Waals surface area (Å²) in [7, 11) is 1.40. The van der Waals surface area contributed by atoms with Gasteiger partial charge in [0.05, 0.1) is 19.0 Å². The molecule has 34 heavy (non-hydrogen) atoms. The second kappa shape index (κ2) is 17.1. The fourth-order valence-corrected chi connectivity index (χ4v) is 2.79. The highest BCUT2D eigenvalue weighted by atomic mass is 16.4. The van der Waals surface area contributed by atoms with Crippen LogP contribution in [0.1, 0.15) is 38.5 Å². The van der Waals surface area contributed by atoms with E-state index in [9.17, 15) is 24.0 Å². The molecule has 0 aliphatic heterocycles. The summed E-state index contributed by atoms with van der Waals surface area (Å²) in [5, 5.41) is 18.5. The van der Waals surface area contributed by atoms with Crippen LogP contribution in [0, 0.1) is 0 Å². The zero-order valence-corrected chi connectivity index (χ0v) is 19.3. The van der Waals surface area contributed by atoms with E-state index in [1.807, 2.05) is 0 Å². The average molecular weight is 488 g/mol. The summed E-state index contributed by atoms with van der Waals surface area (Å²) >= 11 is 0. The van der Waals surface area contributed by atoms with Gasteiger partial charge in [0, 0.05) is 13.6 Å². The predicted molar refractivity (Wildman–Crippen MR) is 124 cm³/mol. The fraction of sp³-hybridized carbons (Fsp3) is 0.684. The van der Waals surface area contributed by atoms with E-state index in [0.29, 0.717) is 32.4 Å². The molecule has 194 valence electrons. The number of carbonyl (C=O) groups excluding carboxylic acids is 4. The number of amides is 4. The lowest BCUT2D eigenvalue weighted by atomic mass is 10.1. The van der Waals surface area contributed by atoms with Crippen LogP contribution in [-0.2, 0) is 24.0 Å². The van der Waals surface area contributed by atoms with Crippen molar-refractivity contribution in [1.29, 1.82) is 0 Å². The molecule has 3 unspecified atom stereocenters. The minimum Gasteiger partial charge on any atom is -0.481 e. The molecule has 15 heteroatoms. The van der Waals surface area contributed by atoms with Crippen molar-refractivity contribution in [1.82, 2.24) is 21.3 Å². The Bertz CT molecular complexity index is 727. The maximum Gasteiger partial charge on any atom is 0.305 e. The maximum absolute atomic E-state index is 12.6. The molecule has 0 heterocycles. The average Bonchev–Trinajstić information content (AvgIpc) is 2.77. The molecule has 0 saturated carbocycles. The highest BCUT2D eigenvalue weighted by molar-refractivity contribution is 5.95. The first-order valence-electron chi connectivity index (χ1n) is 10.8. The Morgan fingerprint density at radius 1 is 0.912 bits per heavy atom. The Morgan fingerprint density at radius 2 is 1.59 bits per heavy atom. The van der Waals surface area contributed by atoms with E-state index in [1.54, 1.807) is 0 Å². The van der Waals surface area contributed by atoms with E-state index in [4.69, 9.17) is 28.0 Å². The number of nitrogens with two attached hydrogens (primary N) is 4. The summed E-state index contributed by atoms with van der Waals surface area (Å²) in [6, 6.07) is -3.30. The number of aliphatic imine (C=N–C) groups is 1. The fourth-order valence-electron chi connectivity index (χ4n) is 2.79. The smallest absolute Gasteiger partial charge is 0.305 e. The highest BCUT2D eigenvalue weighted by Gasteiger charge is 2.28. The third-order valence-electron chi connectivity index (χ3n) is 4.58. The van der Waals surface area contributed by atoms with Gasteiger partial charge in [-0.2, -0.15) is 0 Å². The number of carboxylic acid groups (broad SMARTS) is 1. The number of aliphatic carboxylic acids is 1. The van der Waals surface area contributed by atoms with E-state index in [0.717, 1.165) is 0 Å². The second-order valence-electron chi connectivity index (χ2n) is 7.45. The van der Waals surface area contributed by atoms with Gasteiger partial charge in [0.1, 0.15) is 12.1 Å². The van der Waals surface area contributed by atoms with E-state index >= 15 is 0 Å². The lowest BCUT2D eigenvalue weighted by Gasteiger charge is -2.22. The zero-order chi connectivity index (χ0) is 26.1. The summed E-state index contributed by atoms with van der Waals surface area (Å²) in [5.74, 6) is -4.15. The third-order valence-corrected chi connectivity index (χ3v) is 4.58. The topological polar surface area (TPSA) is 270 Å². The van der Waals surface area contributed by atoms with Crippen LogP contribution in [0.15, 0.2) is 4.99 Å². The highest BCUT2D eigenvalue weighted by Crippen LogP contribution is 2.03. The lowest BCUT2D eigenvalue weighted by molar-refractivity contribution is -0.141. The van der Waals surface area contributed by atoms with Gasteiger partial charge in [-0.05, 0) is 38.6 Å². The number of likely N-dealkylation sites (N-methyl/N-ethyl adjacent to an activating group) is 1. The largest absolute Gasteiger partial charge is 0.481 e. The van der Waals surface area contributed by atoms with Gasteiger partial charge in [0.25, 0.3) is 0 Å². The van der Waals surface area contributed by atoms with Crippen molar-refractivity contribution in [3.8, 4) is 0 Å². The number of guanidine groups is 1. The third kappa shape index (κ3) is 13.8. The Morgan fingerprint density at radius 3 is 2.15 bits per heavy atom. The number of nitrogens with zero attached hydrogens (tertiary/aromatic N) is 1. The number of nitrogens with one attached hydrogen (secondary N) is 4. The number of hydrogen-bond donors (Lipinski definition) is 9. The van der Waals surface area contributed by atoms with Crippen LogP contribution in [0.4, 0.5) is 0 Å². The van der Waals surface area contributed by atoms with Crippen LogP contribution in [0.3, 0.4) is 0 Å². The van der Waals surface area contributed by atoms with E-state index in [-0.39, 0.29) is 18.8 Å². The summed E-state index contributed by atoms with van der Waals surface area (Å²) in [6.45, 7) is 0.177. The summed E-state index contributed by atoms with van der Waals surface area (Å²) in [5.41, 5.74) is 21.6. The molecule has 3 atom stereocenters. The molecule has 0 saturated heterocycles. The van der Waals surface area contributed by atoms with Gasteiger partial charge in [-0.1, -0.05) is 0 Å². The van der Waals surface area contributed by atoms with Crippen LogP contribution in [0.5, 0.6) is 0 Å². The second-order valence-corrected chi connectivity index (χ2v) is 7.45. The van der Waals surface area contributed by atoms with Crippen LogP contribution < -0.4 is 44.2 Å². The molecule has 0 rings (SSSR count). The Labute approximate surface area is 197 Å². The number of hydrogen-bond acceptors (Lipinski definition) is 8. The minimum atomic E-state index is -1.46. The summed E-state index contributed by atoms with van der Waals surface area (Å²) in [4.78, 5) is 63.8. The Kier molecular flexibility index (Phi) is 15.3. The van der Waals surface area contributed by atoms with Crippen molar-refractivity contribution < 1.29 is 29.1 Å². The van der Waals surface area contributed by atoms with Crippen LogP contribution >= 0.6 is 0 Å².